The summed E-state index contributed by atoms with van der Waals surface area (Å²) in [7, 11) is 1.72. The standard InChI is InChI=1S/C20H40N4O2/c1-4-21-20(22-10-6-18-7-11-23(5-2)12-8-18)24-13-9-19(16-24)17-26-15-14-25-3/h18-19H,4-17H2,1-3H3,(H,21,22). The zero-order chi connectivity index (χ0) is 18.6. The van der Waals surface area contributed by atoms with Crippen LogP contribution in [0.15, 0.2) is 4.99 Å². The molecule has 6 nitrogen and oxygen atoms in total. The fourth-order valence-corrected chi connectivity index (χ4v) is 3.92. The van der Waals surface area contributed by atoms with E-state index in [2.05, 4.69) is 29.0 Å². The van der Waals surface area contributed by atoms with Gasteiger partial charge in [0, 0.05) is 39.2 Å². The first-order valence-electron chi connectivity index (χ1n) is 10.6. The minimum Gasteiger partial charge on any atom is -0.382 e. The smallest absolute Gasteiger partial charge is 0.193 e. The van der Waals surface area contributed by atoms with Crippen LogP contribution in [0.4, 0.5) is 0 Å². The third kappa shape index (κ3) is 7.41. The molecule has 0 bridgehead atoms. The number of nitrogens with zero attached hydrogens (tertiary/aromatic N) is 3. The van der Waals surface area contributed by atoms with Crippen LogP contribution in [0.5, 0.6) is 0 Å². The molecule has 0 aromatic carbocycles. The molecule has 2 saturated heterocycles. The molecule has 0 aliphatic carbocycles. The highest BCUT2D eigenvalue weighted by Crippen LogP contribution is 2.21. The summed E-state index contributed by atoms with van der Waals surface area (Å²) >= 11 is 0. The summed E-state index contributed by atoms with van der Waals surface area (Å²) in [5, 5.41) is 3.48. The second-order valence-electron chi connectivity index (χ2n) is 7.57. The van der Waals surface area contributed by atoms with Crippen LogP contribution in [0, 0.1) is 11.8 Å². The second kappa shape index (κ2) is 12.5. The number of hydrogen-bond acceptors (Lipinski definition) is 4. The Labute approximate surface area is 160 Å². The second-order valence-corrected chi connectivity index (χ2v) is 7.57. The van der Waals surface area contributed by atoms with Crippen molar-refractivity contribution in [3.8, 4) is 0 Å². The summed E-state index contributed by atoms with van der Waals surface area (Å²) in [6.07, 6.45) is 5.09. The molecule has 1 unspecified atom stereocenters. The molecular formula is C20H40N4O2. The summed E-state index contributed by atoms with van der Waals surface area (Å²) in [6, 6.07) is 0. The Morgan fingerprint density at radius 1 is 1.08 bits per heavy atom. The average molecular weight is 369 g/mol. The van der Waals surface area contributed by atoms with Crippen molar-refractivity contribution in [1.29, 1.82) is 0 Å². The Bertz CT molecular complexity index is 397. The van der Waals surface area contributed by atoms with Crippen molar-refractivity contribution in [2.45, 2.75) is 39.5 Å². The minimum absolute atomic E-state index is 0.606. The Morgan fingerprint density at radius 2 is 1.85 bits per heavy atom. The fourth-order valence-electron chi connectivity index (χ4n) is 3.92. The Hall–Kier alpha value is -0.850. The maximum absolute atomic E-state index is 5.71. The monoisotopic (exact) mass is 368 g/mol. The molecule has 26 heavy (non-hydrogen) atoms. The highest BCUT2D eigenvalue weighted by Gasteiger charge is 2.25. The van der Waals surface area contributed by atoms with E-state index in [1.807, 2.05) is 0 Å². The molecule has 0 amide bonds. The third-order valence-electron chi connectivity index (χ3n) is 5.66. The molecule has 1 N–H and O–H groups in total. The molecule has 1 atom stereocenters. The molecule has 6 heteroatoms. The number of piperidine rings is 1. The van der Waals surface area contributed by atoms with Gasteiger partial charge in [0.1, 0.15) is 0 Å². The molecule has 152 valence electrons. The van der Waals surface area contributed by atoms with Crippen molar-refractivity contribution in [3.63, 3.8) is 0 Å². The van der Waals surface area contributed by atoms with Crippen LogP contribution in [0.3, 0.4) is 0 Å². The molecule has 2 heterocycles. The normalized spacial score (nSPS) is 23.0. The molecule has 0 aromatic rings. The van der Waals surface area contributed by atoms with Gasteiger partial charge in [-0.2, -0.15) is 0 Å². The van der Waals surface area contributed by atoms with Crippen molar-refractivity contribution in [2.75, 3.05) is 72.7 Å². The fraction of sp³-hybridized carbons (Fsp3) is 0.950. The quantitative estimate of drug-likeness (QED) is 0.363. The van der Waals surface area contributed by atoms with Crippen molar-refractivity contribution in [3.05, 3.63) is 0 Å². The van der Waals surface area contributed by atoms with E-state index in [1.165, 1.54) is 45.3 Å². The van der Waals surface area contributed by atoms with Crippen LogP contribution >= 0.6 is 0 Å². The average Bonchev–Trinajstić information content (AvgIpc) is 3.14. The molecular weight excluding hydrogens is 328 g/mol. The Kier molecular flexibility index (Phi) is 10.3. The molecule has 0 radical (unpaired) electrons. The topological polar surface area (TPSA) is 49.3 Å². The van der Waals surface area contributed by atoms with Gasteiger partial charge in [-0.05, 0) is 58.2 Å². The number of likely N-dealkylation sites (tertiary alicyclic amines) is 2. The lowest BCUT2D eigenvalue weighted by Gasteiger charge is -2.30. The van der Waals surface area contributed by atoms with Gasteiger partial charge in [0.05, 0.1) is 19.8 Å². The van der Waals surface area contributed by atoms with Crippen molar-refractivity contribution < 1.29 is 9.47 Å². The van der Waals surface area contributed by atoms with E-state index in [-0.39, 0.29) is 0 Å². The predicted molar refractivity (Wildman–Crippen MR) is 108 cm³/mol. The summed E-state index contributed by atoms with van der Waals surface area (Å²) in [5.41, 5.74) is 0. The number of guanidine groups is 1. The molecule has 0 spiro atoms. The lowest BCUT2D eigenvalue weighted by atomic mass is 9.94. The van der Waals surface area contributed by atoms with Gasteiger partial charge in [0.25, 0.3) is 0 Å². The molecule has 2 aliphatic rings. The van der Waals surface area contributed by atoms with E-state index in [0.717, 1.165) is 44.7 Å². The summed E-state index contributed by atoms with van der Waals surface area (Å²) < 4.78 is 10.7. The first kappa shape index (κ1) is 21.5. The van der Waals surface area contributed by atoms with Gasteiger partial charge in [0.2, 0.25) is 0 Å². The van der Waals surface area contributed by atoms with Crippen LogP contribution < -0.4 is 5.32 Å². The van der Waals surface area contributed by atoms with Gasteiger partial charge in [0.15, 0.2) is 5.96 Å². The van der Waals surface area contributed by atoms with Gasteiger partial charge in [-0.1, -0.05) is 6.92 Å². The Balaban J connectivity index is 1.71. The number of hydrogen-bond donors (Lipinski definition) is 1. The van der Waals surface area contributed by atoms with E-state index in [9.17, 15) is 0 Å². The molecule has 0 saturated carbocycles. The van der Waals surface area contributed by atoms with Gasteiger partial charge >= 0.3 is 0 Å². The Morgan fingerprint density at radius 3 is 2.54 bits per heavy atom. The summed E-state index contributed by atoms with van der Waals surface area (Å²) in [5.74, 6) is 2.55. The summed E-state index contributed by atoms with van der Waals surface area (Å²) in [6.45, 7) is 14.3. The first-order valence-corrected chi connectivity index (χ1v) is 10.6. The molecule has 2 rings (SSSR count). The molecule has 2 fully saturated rings. The number of nitrogens with one attached hydrogen (secondary N) is 1. The van der Waals surface area contributed by atoms with Crippen LogP contribution in [0.2, 0.25) is 0 Å². The predicted octanol–water partition coefficient (Wildman–Crippen LogP) is 2.06. The van der Waals surface area contributed by atoms with E-state index >= 15 is 0 Å². The lowest BCUT2D eigenvalue weighted by Crippen LogP contribution is -2.40. The zero-order valence-corrected chi connectivity index (χ0v) is 17.2. The highest BCUT2D eigenvalue weighted by molar-refractivity contribution is 5.80. The summed E-state index contributed by atoms with van der Waals surface area (Å²) in [4.78, 5) is 9.90. The number of rotatable bonds is 10. The van der Waals surface area contributed by atoms with Crippen molar-refractivity contribution in [2.24, 2.45) is 16.8 Å². The third-order valence-corrected chi connectivity index (χ3v) is 5.66. The number of methoxy groups -OCH3 is 1. The SMILES string of the molecule is CCNC(=NCCC1CCN(CC)CC1)N1CCC(COCCOC)C1. The van der Waals surface area contributed by atoms with Crippen LogP contribution in [-0.2, 0) is 9.47 Å². The molecule has 2 aliphatic heterocycles. The van der Waals surface area contributed by atoms with Crippen molar-refractivity contribution >= 4 is 5.96 Å². The van der Waals surface area contributed by atoms with E-state index in [0.29, 0.717) is 19.1 Å². The largest absolute Gasteiger partial charge is 0.382 e. The van der Waals surface area contributed by atoms with E-state index < -0.39 is 0 Å². The van der Waals surface area contributed by atoms with Gasteiger partial charge in [-0.25, -0.2) is 0 Å². The number of aliphatic imine (C=N–C) groups is 1. The van der Waals surface area contributed by atoms with Gasteiger partial charge in [-0.3, -0.25) is 4.99 Å². The van der Waals surface area contributed by atoms with Crippen molar-refractivity contribution in [1.82, 2.24) is 15.1 Å². The molecule has 0 aromatic heterocycles. The van der Waals surface area contributed by atoms with Crippen LogP contribution in [0.25, 0.3) is 0 Å². The maximum Gasteiger partial charge on any atom is 0.193 e. The van der Waals surface area contributed by atoms with E-state index in [4.69, 9.17) is 14.5 Å². The van der Waals surface area contributed by atoms with Gasteiger partial charge in [-0.15, -0.1) is 0 Å². The highest BCUT2D eigenvalue weighted by atomic mass is 16.5. The first-order chi connectivity index (χ1) is 12.8. The van der Waals surface area contributed by atoms with Crippen LogP contribution in [-0.4, -0.2) is 88.5 Å². The minimum atomic E-state index is 0.606. The van der Waals surface area contributed by atoms with Gasteiger partial charge < -0.3 is 24.6 Å². The van der Waals surface area contributed by atoms with Crippen LogP contribution in [0.1, 0.15) is 39.5 Å². The lowest BCUT2D eigenvalue weighted by molar-refractivity contribution is 0.0536. The maximum atomic E-state index is 5.71. The zero-order valence-electron chi connectivity index (χ0n) is 17.2. The van der Waals surface area contributed by atoms with E-state index in [1.54, 1.807) is 7.11 Å². The number of ether oxygens (including phenoxy) is 2.